The highest BCUT2D eigenvalue weighted by molar-refractivity contribution is 5.88. The molecule has 4 heteroatoms. The van der Waals surface area contributed by atoms with E-state index in [2.05, 4.69) is 19.2 Å². The first kappa shape index (κ1) is 13.5. The van der Waals surface area contributed by atoms with Crippen molar-refractivity contribution in [1.29, 1.82) is 0 Å². The molecule has 2 unspecified atom stereocenters. The molecule has 0 bridgehead atoms. The average molecular weight is 239 g/mol. The molecular formula is C13H18FNO2. The third-order valence-electron chi connectivity index (χ3n) is 3.09. The fraction of sp³-hybridized carbons (Fsp3) is 0.462. The van der Waals surface area contributed by atoms with Crippen LogP contribution in [0.25, 0.3) is 0 Å². The van der Waals surface area contributed by atoms with E-state index in [0.717, 1.165) is 6.42 Å². The number of nitrogens with one attached hydrogen (secondary N) is 1. The molecule has 1 aromatic carbocycles. The predicted molar refractivity (Wildman–Crippen MR) is 65.9 cm³/mol. The Balaban J connectivity index is 2.89. The first-order chi connectivity index (χ1) is 7.95. The van der Waals surface area contributed by atoms with E-state index in [-0.39, 0.29) is 17.3 Å². The number of hydrogen-bond donors (Lipinski definition) is 2. The van der Waals surface area contributed by atoms with Gasteiger partial charge in [-0.25, -0.2) is 9.18 Å². The Hall–Kier alpha value is -1.58. The van der Waals surface area contributed by atoms with E-state index < -0.39 is 11.8 Å². The summed E-state index contributed by atoms with van der Waals surface area (Å²) in [7, 11) is 0. The summed E-state index contributed by atoms with van der Waals surface area (Å²) in [6.07, 6.45) is 0.981. The summed E-state index contributed by atoms with van der Waals surface area (Å²) >= 11 is 0. The maximum absolute atomic E-state index is 13.5. The lowest BCUT2D eigenvalue weighted by Crippen LogP contribution is -2.24. The molecule has 0 saturated carbocycles. The number of benzene rings is 1. The monoisotopic (exact) mass is 239 g/mol. The number of rotatable bonds is 5. The normalized spacial score (nSPS) is 14.1. The number of aromatic carboxylic acids is 1. The van der Waals surface area contributed by atoms with Crippen LogP contribution in [0.2, 0.25) is 0 Å². The van der Waals surface area contributed by atoms with Crippen LogP contribution in [0.5, 0.6) is 0 Å². The number of hydrogen-bond acceptors (Lipinski definition) is 2. The number of carbonyl (C=O) groups is 1. The van der Waals surface area contributed by atoms with Crippen molar-refractivity contribution < 1.29 is 14.3 Å². The van der Waals surface area contributed by atoms with Crippen molar-refractivity contribution in [2.75, 3.05) is 5.32 Å². The third kappa shape index (κ3) is 3.44. The highest BCUT2D eigenvalue weighted by Gasteiger charge is 2.13. The lowest BCUT2D eigenvalue weighted by atomic mass is 10.0. The molecule has 0 saturated heterocycles. The molecule has 0 spiro atoms. The van der Waals surface area contributed by atoms with Crippen LogP contribution in [0, 0.1) is 11.7 Å². The van der Waals surface area contributed by atoms with E-state index in [1.165, 1.54) is 18.2 Å². The van der Waals surface area contributed by atoms with Crippen molar-refractivity contribution in [2.45, 2.75) is 33.2 Å². The summed E-state index contributed by atoms with van der Waals surface area (Å²) in [6, 6.07) is 3.86. The summed E-state index contributed by atoms with van der Waals surface area (Å²) in [6.45, 7) is 6.09. The van der Waals surface area contributed by atoms with Crippen LogP contribution >= 0.6 is 0 Å². The van der Waals surface area contributed by atoms with Gasteiger partial charge < -0.3 is 10.4 Å². The summed E-state index contributed by atoms with van der Waals surface area (Å²) < 4.78 is 13.5. The Bertz CT molecular complexity index is 406. The van der Waals surface area contributed by atoms with Gasteiger partial charge in [-0.2, -0.15) is 0 Å². The second-order valence-corrected chi connectivity index (χ2v) is 4.32. The van der Waals surface area contributed by atoms with Crippen molar-refractivity contribution in [3.8, 4) is 0 Å². The molecule has 0 aliphatic heterocycles. The maximum Gasteiger partial charge on any atom is 0.335 e. The number of halogens is 1. The minimum absolute atomic E-state index is 0.0882. The molecule has 94 valence electrons. The summed E-state index contributed by atoms with van der Waals surface area (Å²) in [5.74, 6) is -1.09. The predicted octanol–water partition coefficient (Wildman–Crippen LogP) is 3.37. The van der Waals surface area contributed by atoms with E-state index >= 15 is 0 Å². The molecule has 0 fully saturated rings. The minimum Gasteiger partial charge on any atom is -0.478 e. The molecule has 0 radical (unpaired) electrons. The van der Waals surface area contributed by atoms with Crippen molar-refractivity contribution in [3.63, 3.8) is 0 Å². The quantitative estimate of drug-likeness (QED) is 0.828. The van der Waals surface area contributed by atoms with Gasteiger partial charge in [0.2, 0.25) is 0 Å². The fourth-order valence-corrected chi connectivity index (χ4v) is 1.51. The number of anilines is 1. The first-order valence-corrected chi connectivity index (χ1v) is 5.75. The number of carboxylic acid groups (broad SMARTS) is 1. The minimum atomic E-state index is -1.05. The van der Waals surface area contributed by atoms with E-state index in [4.69, 9.17) is 5.11 Å². The second-order valence-electron chi connectivity index (χ2n) is 4.32. The van der Waals surface area contributed by atoms with Gasteiger partial charge in [0, 0.05) is 6.04 Å². The Morgan fingerprint density at radius 1 is 1.47 bits per heavy atom. The smallest absolute Gasteiger partial charge is 0.335 e. The molecule has 2 N–H and O–H groups in total. The molecule has 3 nitrogen and oxygen atoms in total. The molecular weight excluding hydrogens is 221 g/mol. The van der Waals surface area contributed by atoms with Gasteiger partial charge in [0.05, 0.1) is 11.3 Å². The third-order valence-corrected chi connectivity index (χ3v) is 3.09. The van der Waals surface area contributed by atoms with Gasteiger partial charge in [-0.1, -0.05) is 20.3 Å². The zero-order chi connectivity index (χ0) is 13.0. The SMILES string of the molecule is CCC(C)C(C)Nc1cc(C(=O)O)ccc1F. The van der Waals surface area contributed by atoms with Gasteiger partial charge in [-0.05, 0) is 31.0 Å². The van der Waals surface area contributed by atoms with E-state index in [0.29, 0.717) is 5.92 Å². The molecule has 0 aliphatic carbocycles. The Morgan fingerprint density at radius 2 is 2.12 bits per heavy atom. The number of carboxylic acids is 1. The van der Waals surface area contributed by atoms with E-state index in [9.17, 15) is 9.18 Å². The molecule has 2 atom stereocenters. The van der Waals surface area contributed by atoms with Crippen LogP contribution in [0.3, 0.4) is 0 Å². The molecule has 0 aromatic heterocycles. The highest BCUT2D eigenvalue weighted by Crippen LogP contribution is 2.20. The van der Waals surface area contributed by atoms with Crippen molar-refractivity contribution in [2.24, 2.45) is 5.92 Å². The fourth-order valence-electron chi connectivity index (χ4n) is 1.51. The van der Waals surface area contributed by atoms with Gasteiger partial charge in [0.25, 0.3) is 0 Å². The first-order valence-electron chi connectivity index (χ1n) is 5.75. The Morgan fingerprint density at radius 3 is 2.65 bits per heavy atom. The van der Waals surface area contributed by atoms with Gasteiger partial charge in [-0.15, -0.1) is 0 Å². The zero-order valence-corrected chi connectivity index (χ0v) is 10.3. The van der Waals surface area contributed by atoms with Gasteiger partial charge in [0.1, 0.15) is 5.82 Å². The van der Waals surface area contributed by atoms with Gasteiger partial charge in [0.15, 0.2) is 0 Å². The van der Waals surface area contributed by atoms with Crippen LogP contribution in [-0.4, -0.2) is 17.1 Å². The molecule has 0 heterocycles. The maximum atomic E-state index is 13.5. The van der Waals surface area contributed by atoms with Crippen molar-refractivity contribution in [3.05, 3.63) is 29.6 Å². The van der Waals surface area contributed by atoms with Crippen LogP contribution < -0.4 is 5.32 Å². The van der Waals surface area contributed by atoms with Gasteiger partial charge in [-0.3, -0.25) is 0 Å². The lowest BCUT2D eigenvalue weighted by molar-refractivity contribution is 0.0697. The van der Waals surface area contributed by atoms with E-state index in [1.807, 2.05) is 6.92 Å². The Labute approximate surface area is 101 Å². The molecule has 0 amide bonds. The van der Waals surface area contributed by atoms with Crippen molar-refractivity contribution >= 4 is 11.7 Å². The molecule has 0 aliphatic rings. The zero-order valence-electron chi connectivity index (χ0n) is 10.3. The average Bonchev–Trinajstić information content (AvgIpc) is 2.30. The van der Waals surface area contributed by atoms with Crippen LogP contribution in [0.15, 0.2) is 18.2 Å². The van der Waals surface area contributed by atoms with Crippen LogP contribution in [0.1, 0.15) is 37.6 Å². The summed E-state index contributed by atoms with van der Waals surface area (Å²) in [5, 5.41) is 11.9. The highest BCUT2D eigenvalue weighted by atomic mass is 19.1. The van der Waals surface area contributed by atoms with Crippen LogP contribution in [-0.2, 0) is 0 Å². The summed E-state index contributed by atoms with van der Waals surface area (Å²) in [4.78, 5) is 10.8. The standard InChI is InChI=1S/C13H18FNO2/c1-4-8(2)9(3)15-12-7-10(13(16)17)5-6-11(12)14/h5-9,15H,4H2,1-3H3,(H,16,17). The summed E-state index contributed by atoms with van der Waals surface area (Å²) in [5.41, 5.74) is 0.336. The topological polar surface area (TPSA) is 49.3 Å². The largest absolute Gasteiger partial charge is 0.478 e. The van der Waals surface area contributed by atoms with E-state index in [1.54, 1.807) is 0 Å². The van der Waals surface area contributed by atoms with Gasteiger partial charge >= 0.3 is 5.97 Å². The van der Waals surface area contributed by atoms with Crippen molar-refractivity contribution in [1.82, 2.24) is 0 Å². The van der Waals surface area contributed by atoms with Crippen LogP contribution in [0.4, 0.5) is 10.1 Å². The molecule has 1 aromatic rings. The molecule has 17 heavy (non-hydrogen) atoms. The Kier molecular flexibility index (Phi) is 4.49. The lowest BCUT2D eigenvalue weighted by Gasteiger charge is -2.21. The second kappa shape index (κ2) is 5.66. The molecule has 1 rings (SSSR count).